The number of fused-ring (bicyclic) bond motifs is 1. The SMILES string of the molecule is COCCn1c(Cc2cnc(-c3cc(OC)ccc3OC)[nH]2)nc2cc(C(N)=O)ccc21. The summed E-state index contributed by atoms with van der Waals surface area (Å²) in [6.07, 6.45) is 2.30. The number of primary amides is 1. The fraction of sp³-hybridized carbons (Fsp3) is 0.261. The van der Waals surface area contributed by atoms with Gasteiger partial charge in [-0.25, -0.2) is 9.97 Å². The van der Waals surface area contributed by atoms with E-state index in [1.165, 1.54) is 0 Å². The Bertz CT molecular complexity index is 1260. The lowest BCUT2D eigenvalue weighted by atomic mass is 10.2. The molecule has 0 radical (unpaired) electrons. The highest BCUT2D eigenvalue weighted by molar-refractivity contribution is 5.96. The molecule has 4 rings (SSSR count). The fourth-order valence-electron chi connectivity index (χ4n) is 3.66. The number of nitrogens with one attached hydrogen (secondary N) is 1. The number of H-pyrrole nitrogens is 1. The molecule has 2 heterocycles. The third-order valence-electron chi connectivity index (χ3n) is 5.27. The second kappa shape index (κ2) is 9.11. The van der Waals surface area contributed by atoms with E-state index in [-0.39, 0.29) is 0 Å². The van der Waals surface area contributed by atoms with Crippen molar-refractivity contribution in [3.8, 4) is 22.9 Å². The minimum Gasteiger partial charge on any atom is -0.497 e. The zero-order valence-electron chi connectivity index (χ0n) is 18.2. The summed E-state index contributed by atoms with van der Waals surface area (Å²) < 4.78 is 18.2. The first-order valence-electron chi connectivity index (χ1n) is 10.1. The first kappa shape index (κ1) is 21.4. The molecular formula is C23H25N5O4. The third kappa shape index (κ3) is 4.15. The molecule has 3 N–H and O–H groups in total. The number of carbonyl (C=O) groups is 1. The number of aromatic amines is 1. The topological polar surface area (TPSA) is 117 Å². The van der Waals surface area contributed by atoms with Crippen molar-refractivity contribution in [1.29, 1.82) is 0 Å². The maximum Gasteiger partial charge on any atom is 0.248 e. The molecule has 2 aromatic heterocycles. The molecule has 0 aliphatic carbocycles. The summed E-state index contributed by atoms with van der Waals surface area (Å²) in [6, 6.07) is 10.8. The Morgan fingerprint density at radius 3 is 2.69 bits per heavy atom. The predicted octanol–water partition coefficient (Wildman–Crippen LogP) is 2.78. The van der Waals surface area contributed by atoms with E-state index < -0.39 is 5.91 Å². The van der Waals surface area contributed by atoms with E-state index in [1.807, 2.05) is 24.3 Å². The van der Waals surface area contributed by atoms with E-state index >= 15 is 0 Å². The van der Waals surface area contributed by atoms with E-state index in [9.17, 15) is 4.79 Å². The van der Waals surface area contributed by atoms with Crippen LogP contribution < -0.4 is 15.2 Å². The lowest BCUT2D eigenvalue weighted by Gasteiger charge is -2.09. The van der Waals surface area contributed by atoms with Crippen molar-refractivity contribution in [1.82, 2.24) is 19.5 Å². The molecule has 0 saturated heterocycles. The van der Waals surface area contributed by atoms with Crippen LogP contribution in [0.5, 0.6) is 11.5 Å². The maximum absolute atomic E-state index is 11.6. The van der Waals surface area contributed by atoms with Crippen molar-refractivity contribution < 1.29 is 19.0 Å². The molecule has 2 aromatic carbocycles. The largest absolute Gasteiger partial charge is 0.497 e. The molecule has 9 nitrogen and oxygen atoms in total. The number of nitrogens with zero attached hydrogens (tertiary/aromatic N) is 3. The molecule has 0 aliphatic heterocycles. The maximum atomic E-state index is 11.6. The summed E-state index contributed by atoms with van der Waals surface area (Å²) in [5.41, 5.74) is 9.16. The molecular weight excluding hydrogens is 410 g/mol. The van der Waals surface area contributed by atoms with Crippen LogP contribution >= 0.6 is 0 Å². The average Bonchev–Trinajstić information content (AvgIpc) is 3.41. The second-order valence-corrected chi connectivity index (χ2v) is 7.24. The van der Waals surface area contributed by atoms with Gasteiger partial charge in [0.1, 0.15) is 23.1 Å². The van der Waals surface area contributed by atoms with Gasteiger partial charge in [0.2, 0.25) is 5.91 Å². The van der Waals surface area contributed by atoms with Crippen LogP contribution in [0.3, 0.4) is 0 Å². The molecule has 4 aromatic rings. The summed E-state index contributed by atoms with van der Waals surface area (Å²) in [5.74, 6) is 2.42. The summed E-state index contributed by atoms with van der Waals surface area (Å²) in [7, 11) is 4.90. The van der Waals surface area contributed by atoms with E-state index in [0.717, 1.165) is 22.6 Å². The Kier molecular flexibility index (Phi) is 6.09. The average molecular weight is 435 g/mol. The van der Waals surface area contributed by atoms with Gasteiger partial charge in [-0.05, 0) is 36.4 Å². The van der Waals surface area contributed by atoms with Crippen molar-refractivity contribution >= 4 is 16.9 Å². The van der Waals surface area contributed by atoms with Crippen LogP contribution in [0.25, 0.3) is 22.4 Å². The summed E-state index contributed by atoms with van der Waals surface area (Å²) >= 11 is 0. The molecule has 0 unspecified atom stereocenters. The van der Waals surface area contributed by atoms with E-state index in [4.69, 9.17) is 24.9 Å². The number of carbonyl (C=O) groups excluding carboxylic acids is 1. The summed E-state index contributed by atoms with van der Waals surface area (Å²) in [4.78, 5) is 24.2. The van der Waals surface area contributed by atoms with Crippen molar-refractivity contribution in [3.05, 3.63) is 59.7 Å². The zero-order valence-corrected chi connectivity index (χ0v) is 18.2. The quantitative estimate of drug-likeness (QED) is 0.417. The van der Waals surface area contributed by atoms with Gasteiger partial charge < -0.3 is 29.5 Å². The van der Waals surface area contributed by atoms with Crippen LogP contribution in [0.4, 0.5) is 0 Å². The molecule has 0 atom stereocenters. The van der Waals surface area contributed by atoms with Crippen molar-refractivity contribution in [2.24, 2.45) is 5.73 Å². The molecule has 166 valence electrons. The number of methoxy groups -OCH3 is 3. The normalized spacial score (nSPS) is 11.1. The number of hydrogen-bond acceptors (Lipinski definition) is 6. The van der Waals surface area contributed by atoms with Gasteiger partial charge in [0.05, 0.1) is 37.4 Å². The van der Waals surface area contributed by atoms with Crippen molar-refractivity contribution in [2.45, 2.75) is 13.0 Å². The zero-order chi connectivity index (χ0) is 22.7. The smallest absolute Gasteiger partial charge is 0.248 e. The number of benzene rings is 2. The van der Waals surface area contributed by atoms with Gasteiger partial charge in [-0.2, -0.15) is 0 Å². The van der Waals surface area contributed by atoms with Gasteiger partial charge in [-0.1, -0.05) is 0 Å². The highest BCUT2D eigenvalue weighted by atomic mass is 16.5. The Hall–Kier alpha value is -3.85. The number of ether oxygens (including phenoxy) is 3. The number of rotatable bonds is 9. The predicted molar refractivity (Wildman–Crippen MR) is 120 cm³/mol. The lowest BCUT2D eigenvalue weighted by Crippen LogP contribution is -2.11. The van der Waals surface area contributed by atoms with Gasteiger partial charge in [-0.3, -0.25) is 4.79 Å². The first-order chi connectivity index (χ1) is 15.5. The number of aromatic nitrogens is 4. The van der Waals surface area contributed by atoms with Crippen LogP contribution in [0.15, 0.2) is 42.6 Å². The molecule has 9 heteroatoms. The Morgan fingerprint density at radius 2 is 1.97 bits per heavy atom. The van der Waals surface area contributed by atoms with Crippen LogP contribution in [-0.4, -0.2) is 53.4 Å². The molecule has 0 aliphatic rings. The Balaban J connectivity index is 1.69. The first-order valence-corrected chi connectivity index (χ1v) is 10.1. The van der Waals surface area contributed by atoms with E-state index in [0.29, 0.717) is 48.0 Å². The highest BCUT2D eigenvalue weighted by Crippen LogP contribution is 2.32. The van der Waals surface area contributed by atoms with Gasteiger partial charge >= 0.3 is 0 Å². The minimum atomic E-state index is -0.481. The van der Waals surface area contributed by atoms with Gasteiger partial charge in [-0.15, -0.1) is 0 Å². The number of amides is 1. The fourth-order valence-corrected chi connectivity index (χ4v) is 3.66. The number of imidazole rings is 2. The molecule has 0 fully saturated rings. The molecule has 0 bridgehead atoms. The minimum absolute atomic E-state index is 0.425. The van der Waals surface area contributed by atoms with Gasteiger partial charge in [0, 0.05) is 37.5 Å². The lowest BCUT2D eigenvalue weighted by molar-refractivity contribution is 0.100. The van der Waals surface area contributed by atoms with Gasteiger partial charge in [0.15, 0.2) is 0 Å². The van der Waals surface area contributed by atoms with Gasteiger partial charge in [0.25, 0.3) is 0 Å². The standard InChI is InChI=1S/C23H25N5O4/c1-30-9-8-28-19-6-4-14(22(24)29)10-18(19)27-21(28)11-15-13-25-23(26-15)17-12-16(31-2)5-7-20(17)32-3/h4-7,10,12-13H,8-9,11H2,1-3H3,(H2,24,29)(H,25,26). The van der Waals surface area contributed by atoms with Crippen LogP contribution in [0.1, 0.15) is 21.9 Å². The summed E-state index contributed by atoms with van der Waals surface area (Å²) in [5, 5.41) is 0. The van der Waals surface area contributed by atoms with Crippen LogP contribution in [-0.2, 0) is 17.7 Å². The number of hydrogen-bond donors (Lipinski definition) is 2. The monoisotopic (exact) mass is 435 g/mol. The second-order valence-electron chi connectivity index (χ2n) is 7.24. The number of nitrogens with two attached hydrogens (primary N) is 1. The van der Waals surface area contributed by atoms with E-state index in [2.05, 4.69) is 14.5 Å². The molecule has 0 spiro atoms. The Labute approximate surface area is 185 Å². The van der Waals surface area contributed by atoms with Crippen molar-refractivity contribution in [3.63, 3.8) is 0 Å². The third-order valence-corrected chi connectivity index (χ3v) is 5.27. The van der Waals surface area contributed by atoms with Crippen LogP contribution in [0.2, 0.25) is 0 Å². The summed E-state index contributed by atoms with van der Waals surface area (Å²) in [6.45, 7) is 1.16. The van der Waals surface area contributed by atoms with E-state index in [1.54, 1.807) is 39.7 Å². The molecule has 32 heavy (non-hydrogen) atoms. The molecule has 0 saturated carbocycles. The van der Waals surface area contributed by atoms with Crippen molar-refractivity contribution in [2.75, 3.05) is 27.9 Å². The molecule has 1 amide bonds. The van der Waals surface area contributed by atoms with Crippen LogP contribution in [0, 0.1) is 0 Å². The Morgan fingerprint density at radius 1 is 1.12 bits per heavy atom. The highest BCUT2D eigenvalue weighted by Gasteiger charge is 2.16.